The van der Waals surface area contributed by atoms with Crippen LogP contribution in [0, 0.1) is 5.92 Å². The zero-order valence-electron chi connectivity index (χ0n) is 8.80. The van der Waals surface area contributed by atoms with Crippen LogP contribution in [0.25, 0.3) is 0 Å². The molecule has 15 heavy (non-hydrogen) atoms. The molecular weight excluding hydrogens is 203 g/mol. The Morgan fingerprint density at radius 1 is 1.33 bits per heavy atom. The second-order valence-electron chi connectivity index (χ2n) is 3.97. The number of alkyl halides is 3. The van der Waals surface area contributed by atoms with Crippen molar-refractivity contribution < 1.29 is 13.2 Å². The average molecular weight is 217 g/mol. The molecule has 0 bridgehead atoms. The van der Waals surface area contributed by atoms with Gasteiger partial charge in [-0.05, 0) is 30.9 Å². The third-order valence-electron chi connectivity index (χ3n) is 2.12. The Hall–Kier alpha value is -1.06. The zero-order chi connectivity index (χ0) is 11.5. The summed E-state index contributed by atoms with van der Waals surface area (Å²) < 4.78 is 37.0. The van der Waals surface area contributed by atoms with Crippen LogP contribution in [-0.4, -0.2) is 4.98 Å². The maximum absolute atomic E-state index is 12.3. The molecule has 0 N–H and O–H groups in total. The van der Waals surface area contributed by atoms with Gasteiger partial charge in [0.25, 0.3) is 0 Å². The summed E-state index contributed by atoms with van der Waals surface area (Å²) in [6.07, 6.45) is -1.59. The van der Waals surface area contributed by atoms with Crippen molar-refractivity contribution in [1.82, 2.24) is 4.98 Å². The van der Waals surface area contributed by atoms with Gasteiger partial charge in [0.1, 0.15) is 0 Å². The first kappa shape index (κ1) is 12.0. The number of hydrogen-bond donors (Lipinski definition) is 0. The standard InChI is InChI=1S/C11H14F3N/c1-8(2)3-4-10-7-9(5-6-15-10)11(12,13)14/h5-8H,3-4H2,1-2H3. The van der Waals surface area contributed by atoms with E-state index in [4.69, 9.17) is 0 Å². The summed E-state index contributed by atoms with van der Waals surface area (Å²) in [5, 5.41) is 0. The first-order valence-corrected chi connectivity index (χ1v) is 4.91. The molecule has 0 amide bonds. The minimum atomic E-state index is -4.27. The van der Waals surface area contributed by atoms with Crippen molar-refractivity contribution in [2.24, 2.45) is 5.92 Å². The average Bonchev–Trinajstić information content (AvgIpc) is 2.14. The molecule has 0 saturated heterocycles. The highest BCUT2D eigenvalue weighted by atomic mass is 19.4. The number of rotatable bonds is 3. The van der Waals surface area contributed by atoms with Crippen LogP contribution in [0.15, 0.2) is 18.3 Å². The Labute approximate surface area is 87.3 Å². The summed E-state index contributed by atoms with van der Waals surface area (Å²) in [6.45, 7) is 4.07. The van der Waals surface area contributed by atoms with Gasteiger partial charge in [-0.3, -0.25) is 4.98 Å². The Bertz CT molecular complexity index is 318. The van der Waals surface area contributed by atoms with Crippen molar-refractivity contribution >= 4 is 0 Å². The van der Waals surface area contributed by atoms with Gasteiger partial charge in [-0.1, -0.05) is 13.8 Å². The van der Waals surface area contributed by atoms with Crippen LogP contribution >= 0.6 is 0 Å². The quantitative estimate of drug-likeness (QED) is 0.752. The van der Waals surface area contributed by atoms with E-state index in [1.54, 1.807) is 0 Å². The first-order valence-electron chi connectivity index (χ1n) is 4.91. The van der Waals surface area contributed by atoms with Gasteiger partial charge in [0, 0.05) is 11.9 Å². The lowest BCUT2D eigenvalue weighted by atomic mass is 10.1. The molecule has 4 heteroatoms. The number of aromatic nitrogens is 1. The van der Waals surface area contributed by atoms with Crippen LogP contribution in [0.2, 0.25) is 0 Å². The highest BCUT2D eigenvalue weighted by molar-refractivity contribution is 5.19. The van der Waals surface area contributed by atoms with Crippen LogP contribution in [0.3, 0.4) is 0 Å². The second kappa shape index (κ2) is 4.64. The molecule has 1 aromatic heterocycles. The predicted molar refractivity (Wildman–Crippen MR) is 52.4 cm³/mol. The number of aryl methyl sites for hydroxylation is 1. The van der Waals surface area contributed by atoms with Crippen LogP contribution in [-0.2, 0) is 12.6 Å². The lowest BCUT2D eigenvalue weighted by Crippen LogP contribution is -2.06. The summed E-state index contributed by atoms with van der Waals surface area (Å²) in [7, 11) is 0. The Kier molecular flexibility index (Phi) is 3.72. The van der Waals surface area contributed by atoms with Crippen LogP contribution in [0.4, 0.5) is 13.2 Å². The maximum Gasteiger partial charge on any atom is 0.416 e. The highest BCUT2D eigenvalue weighted by Crippen LogP contribution is 2.29. The van der Waals surface area contributed by atoms with Crippen LogP contribution in [0.1, 0.15) is 31.5 Å². The normalized spacial score (nSPS) is 12.1. The minimum absolute atomic E-state index is 0.473. The Balaban J connectivity index is 2.75. The van der Waals surface area contributed by atoms with Gasteiger partial charge in [0.2, 0.25) is 0 Å². The van der Waals surface area contributed by atoms with Gasteiger partial charge in [-0.2, -0.15) is 13.2 Å². The van der Waals surface area contributed by atoms with E-state index in [1.165, 1.54) is 6.20 Å². The molecule has 0 unspecified atom stereocenters. The van der Waals surface area contributed by atoms with Crippen molar-refractivity contribution in [1.29, 1.82) is 0 Å². The lowest BCUT2D eigenvalue weighted by molar-refractivity contribution is -0.137. The fourth-order valence-corrected chi connectivity index (χ4v) is 1.23. The summed E-state index contributed by atoms with van der Waals surface area (Å²) in [6, 6.07) is 2.13. The van der Waals surface area contributed by atoms with Gasteiger partial charge in [0.15, 0.2) is 0 Å². The minimum Gasteiger partial charge on any atom is -0.261 e. The van der Waals surface area contributed by atoms with Gasteiger partial charge in [-0.15, -0.1) is 0 Å². The van der Waals surface area contributed by atoms with E-state index in [0.717, 1.165) is 18.6 Å². The summed E-state index contributed by atoms with van der Waals surface area (Å²) in [5.74, 6) is 0.473. The first-order chi connectivity index (χ1) is 6.89. The van der Waals surface area contributed by atoms with Crippen LogP contribution < -0.4 is 0 Å². The molecule has 84 valence electrons. The maximum atomic E-state index is 12.3. The van der Waals surface area contributed by atoms with E-state index < -0.39 is 11.7 Å². The van der Waals surface area contributed by atoms with E-state index in [0.29, 0.717) is 18.0 Å². The molecule has 1 heterocycles. The van der Waals surface area contributed by atoms with E-state index in [1.807, 2.05) is 13.8 Å². The number of hydrogen-bond acceptors (Lipinski definition) is 1. The molecule has 0 aliphatic rings. The molecule has 1 nitrogen and oxygen atoms in total. The summed E-state index contributed by atoms with van der Waals surface area (Å²) >= 11 is 0. The monoisotopic (exact) mass is 217 g/mol. The molecule has 1 rings (SSSR count). The van der Waals surface area contributed by atoms with Crippen molar-refractivity contribution in [2.45, 2.75) is 32.9 Å². The molecule has 0 fully saturated rings. The number of pyridine rings is 1. The molecule has 0 spiro atoms. The second-order valence-corrected chi connectivity index (χ2v) is 3.97. The van der Waals surface area contributed by atoms with Crippen molar-refractivity contribution in [2.75, 3.05) is 0 Å². The molecule has 0 aromatic carbocycles. The van der Waals surface area contributed by atoms with Crippen molar-refractivity contribution in [3.8, 4) is 0 Å². The third-order valence-corrected chi connectivity index (χ3v) is 2.12. The Morgan fingerprint density at radius 2 is 2.00 bits per heavy atom. The fourth-order valence-electron chi connectivity index (χ4n) is 1.23. The van der Waals surface area contributed by atoms with E-state index in [2.05, 4.69) is 4.98 Å². The van der Waals surface area contributed by atoms with Crippen molar-refractivity contribution in [3.05, 3.63) is 29.6 Å². The summed E-state index contributed by atoms with van der Waals surface area (Å²) in [5.41, 5.74) is -0.102. The smallest absolute Gasteiger partial charge is 0.261 e. The lowest BCUT2D eigenvalue weighted by Gasteiger charge is -2.08. The molecule has 1 aromatic rings. The molecule has 0 saturated carbocycles. The molecular formula is C11H14F3N. The SMILES string of the molecule is CC(C)CCc1cc(C(F)(F)F)ccn1. The van der Waals surface area contributed by atoms with Gasteiger partial charge >= 0.3 is 6.18 Å². The number of nitrogens with zero attached hydrogens (tertiary/aromatic N) is 1. The fraction of sp³-hybridized carbons (Fsp3) is 0.545. The summed E-state index contributed by atoms with van der Waals surface area (Å²) in [4.78, 5) is 3.92. The largest absolute Gasteiger partial charge is 0.416 e. The zero-order valence-corrected chi connectivity index (χ0v) is 8.80. The topological polar surface area (TPSA) is 12.9 Å². The molecule has 0 aliphatic carbocycles. The van der Waals surface area contributed by atoms with Crippen LogP contribution in [0.5, 0.6) is 0 Å². The van der Waals surface area contributed by atoms with Gasteiger partial charge in [-0.25, -0.2) is 0 Å². The molecule has 0 atom stereocenters. The predicted octanol–water partition coefficient (Wildman–Crippen LogP) is 3.69. The highest BCUT2D eigenvalue weighted by Gasteiger charge is 2.30. The van der Waals surface area contributed by atoms with E-state index in [9.17, 15) is 13.2 Å². The Morgan fingerprint density at radius 3 is 2.53 bits per heavy atom. The van der Waals surface area contributed by atoms with Crippen molar-refractivity contribution in [3.63, 3.8) is 0 Å². The van der Waals surface area contributed by atoms with E-state index >= 15 is 0 Å². The number of halogens is 3. The van der Waals surface area contributed by atoms with Gasteiger partial charge < -0.3 is 0 Å². The molecule has 0 radical (unpaired) electrons. The van der Waals surface area contributed by atoms with Gasteiger partial charge in [0.05, 0.1) is 5.56 Å². The van der Waals surface area contributed by atoms with E-state index in [-0.39, 0.29) is 0 Å². The molecule has 0 aliphatic heterocycles. The third kappa shape index (κ3) is 3.90.